The Hall–Kier alpha value is -1.10. The van der Waals surface area contributed by atoms with E-state index in [0.717, 1.165) is 17.3 Å². The largest absolute Gasteiger partial charge is 0.338 e. The Morgan fingerprint density at radius 2 is 2.29 bits per heavy atom. The van der Waals surface area contributed by atoms with Gasteiger partial charge in [0.2, 0.25) is 0 Å². The summed E-state index contributed by atoms with van der Waals surface area (Å²) < 4.78 is 0. The second kappa shape index (κ2) is 6.34. The number of thiazole rings is 1. The minimum Gasteiger partial charge on any atom is -0.338 e. The minimum absolute atomic E-state index is 0.130. The fraction of sp³-hybridized carbons (Fsp3) is 0.750. The molecule has 1 aromatic heterocycles. The molecule has 1 aliphatic heterocycles. The van der Waals surface area contributed by atoms with E-state index in [2.05, 4.69) is 29.0 Å². The molecule has 1 N–H and O–H groups in total. The van der Waals surface area contributed by atoms with Gasteiger partial charge in [-0.05, 0) is 39.0 Å². The summed E-state index contributed by atoms with van der Waals surface area (Å²) in [6.45, 7) is 4.95. The monoisotopic (exact) mass is 307 g/mol. The number of likely N-dealkylation sites (tertiary alicyclic amines) is 1. The molecule has 1 saturated heterocycles. The van der Waals surface area contributed by atoms with Crippen LogP contribution in [0.5, 0.6) is 0 Å². The van der Waals surface area contributed by atoms with Crippen LogP contribution in [-0.4, -0.2) is 34.5 Å². The summed E-state index contributed by atoms with van der Waals surface area (Å²) >= 11 is 1.71. The van der Waals surface area contributed by atoms with Crippen LogP contribution in [0.3, 0.4) is 0 Å². The molecule has 3 rings (SSSR count). The number of carbonyl (C=O) groups is 1. The van der Waals surface area contributed by atoms with Crippen molar-refractivity contribution in [2.24, 2.45) is 5.92 Å². The van der Waals surface area contributed by atoms with E-state index in [1.165, 1.54) is 37.0 Å². The Labute approximate surface area is 130 Å². The quantitative estimate of drug-likeness (QED) is 0.930. The summed E-state index contributed by atoms with van der Waals surface area (Å²) in [6.07, 6.45) is 9.02. The zero-order chi connectivity index (χ0) is 14.8. The van der Waals surface area contributed by atoms with Crippen LogP contribution in [0.15, 0.2) is 6.20 Å². The first kappa shape index (κ1) is 14.8. The fourth-order valence-electron chi connectivity index (χ4n) is 3.94. The minimum atomic E-state index is 0.130. The maximum atomic E-state index is 12.5. The molecule has 1 saturated carbocycles. The van der Waals surface area contributed by atoms with Crippen LogP contribution < -0.4 is 5.32 Å². The summed E-state index contributed by atoms with van der Waals surface area (Å²) in [5, 5.41) is 4.21. The van der Waals surface area contributed by atoms with Crippen molar-refractivity contribution in [3.8, 4) is 0 Å². The molecule has 116 valence electrons. The van der Waals surface area contributed by atoms with Crippen molar-refractivity contribution in [1.29, 1.82) is 0 Å². The summed E-state index contributed by atoms with van der Waals surface area (Å²) in [4.78, 5) is 20.2. The molecule has 4 nitrogen and oxygen atoms in total. The molecule has 0 spiro atoms. The molecule has 0 radical (unpaired) electrons. The number of aromatic nitrogens is 1. The van der Waals surface area contributed by atoms with Crippen molar-refractivity contribution >= 4 is 17.4 Å². The van der Waals surface area contributed by atoms with Crippen LogP contribution in [-0.2, 0) is 6.42 Å². The number of urea groups is 1. The molecular weight excluding hydrogens is 282 g/mol. The lowest BCUT2D eigenvalue weighted by atomic mass is 9.85. The highest BCUT2D eigenvalue weighted by Crippen LogP contribution is 2.39. The highest BCUT2D eigenvalue weighted by Gasteiger charge is 2.42. The van der Waals surface area contributed by atoms with Gasteiger partial charge in [-0.3, -0.25) is 0 Å². The van der Waals surface area contributed by atoms with Gasteiger partial charge in [0.25, 0.3) is 0 Å². The second-order valence-electron chi connectivity index (χ2n) is 6.45. The van der Waals surface area contributed by atoms with E-state index >= 15 is 0 Å². The van der Waals surface area contributed by atoms with Crippen molar-refractivity contribution in [3.05, 3.63) is 16.1 Å². The smallest absolute Gasteiger partial charge is 0.317 e. The number of hydrogen-bond donors (Lipinski definition) is 1. The predicted octanol–water partition coefficient (Wildman–Crippen LogP) is 3.36. The number of hydrogen-bond acceptors (Lipinski definition) is 3. The molecule has 2 aliphatic rings. The standard InChI is InChI=1S/C16H25N3OS/c1-11-9-13-5-3-4-6-14(13)19(11)16(20)17-8-7-15-18-10-12(2)21-15/h10-11,13-14H,3-9H2,1-2H3,(H,17,20)/t11-,13+,14-/m1/s1. The molecule has 1 aromatic rings. The van der Waals surface area contributed by atoms with Crippen molar-refractivity contribution in [2.45, 2.75) is 64.5 Å². The number of nitrogens with zero attached hydrogens (tertiary/aromatic N) is 2. The first-order valence-electron chi connectivity index (χ1n) is 8.12. The Kier molecular flexibility index (Phi) is 4.48. The highest BCUT2D eigenvalue weighted by atomic mass is 32.1. The van der Waals surface area contributed by atoms with Gasteiger partial charge in [0.15, 0.2) is 0 Å². The normalized spacial score (nSPS) is 28.5. The van der Waals surface area contributed by atoms with Crippen LogP contribution in [0.25, 0.3) is 0 Å². The maximum absolute atomic E-state index is 12.5. The Balaban J connectivity index is 1.52. The number of nitrogens with one attached hydrogen (secondary N) is 1. The van der Waals surface area contributed by atoms with Gasteiger partial charge in [0.1, 0.15) is 0 Å². The molecule has 0 unspecified atom stereocenters. The van der Waals surface area contributed by atoms with E-state index in [1.54, 1.807) is 11.3 Å². The van der Waals surface area contributed by atoms with Crippen LogP contribution in [0.1, 0.15) is 48.9 Å². The molecule has 5 heteroatoms. The fourth-order valence-corrected chi connectivity index (χ4v) is 4.73. The van der Waals surface area contributed by atoms with Crippen LogP contribution in [0.2, 0.25) is 0 Å². The van der Waals surface area contributed by atoms with Gasteiger partial charge in [0.05, 0.1) is 5.01 Å². The van der Waals surface area contributed by atoms with Gasteiger partial charge >= 0.3 is 6.03 Å². The van der Waals surface area contributed by atoms with Crippen molar-refractivity contribution in [3.63, 3.8) is 0 Å². The molecule has 1 aliphatic carbocycles. The Morgan fingerprint density at radius 3 is 3.05 bits per heavy atom. The molecule has 0 aromatic carbocycles. The van der Waals surface area contributed by atoms with Crippen LogP contribution >= 0.6 is 11.3 Å². The molecule has 2 amide bonds. The van der Waals surface area contributed by atoms with E-state index in [4.69, 9.17) is 0 Å². The molecule has 2 heterocycles. The van der Waals surface area contributed by atoms with Gasteiger partial charge < -0.3 is 10.2 Å². The number of fused-ring (bicyclic) bond motifs is 1. The van der Waals surface area contributed by atoms with Crippen molar-refractivity contribution < 1.29 is 4.79 Å². The summed E-state index contributed by atoms with van der Waals surface area (Å²) in [6, 6.07) is 1.00. The first-order valence-corrected chi connectivity index (χ1v) is 8.94. The van der Waals surface area contributed by atoms with E-state index in [1.807, 2.05) is 6.20 Å². The summed E-state index contributed by atoms with van der Waals surface area (Å²) in [5.74, 6) is 0.737. The lowest BCUT2D eigenvalue weighted by Crippen LogP contribution is -2.48. The number of amides is 2. The first-order chi connectivity index (χ1) is 10.1. The van der Waals surface area contributed by atoms with E-state index < -0.39 is 0 Å². The molecule has 3 atom stereocenters. The third-order valence-electron chi connectivity index (χ3n) is 4.86. The Bertz CT molecular complexity index is 501. The van der Waals surface area contributed by atoms with E-state index in [0.29, 0.717) is 18.6 Å². The van der Waals surface area contributed by atoms with Crippen molar-refractivity contribution in [2.75, 3.05) is 6.54 Å². The lowest BCUT2D eigenvalue weighted by molar-refractivity contribution is 0.156. The van der Waals surface area contributed by atoms with Crippen LogP contribution in [0, 0.1) is 12.8 Å². The predicted molar refractivity (Wildman–Crippen MR) is 85.6 cm³/mol. The zero-order valence-electron chi connectivity index (χ0n) is 13.0. The summed E-state index contributed by atoms with van der Waals surface area (Å²) in [5.41, 5.74) is 0. The highest BCUT2D eigenvalue weighted by molar-refractivity contribution is 7.11. The van der Waals surface area contributed by atoms with E-state index in [9.17, 15) is 4.79 Å². The number of aryl methyl sites for hydroxylation is 1. The second-order valence-corrected chi connectivity index (χ2v) is 7.77. The number of carbonyl (C=O) groups excluding carboxylic acids is 1. The molecular formula is C16H25N3OS. The molecule has 21 heavy (non-hydrogen) atoms. The average molecular weight is 307 g/mol. The maximum Gasteiger partial charge on any atom is 0.317 e. The van der Waals surface area contributed by atoms with Gasteiger partial charge in [0, 0.05) is 36.1 Å². The third kappa shape index (κ3) is 3.23. The zero-order valence-corrected chi connectivity index (χ0v) is 13.8. The molecule has 0 bridgehead atoms. The van der Waals surface area contributed by atoms with Gasteiger partial charge in [-0.15, -0.1) is 11.3 Å². The van der Waals surface area contributed by atoms with Gasteiger partial charge in [-0.25, -0.2) is 9.78 Å². The third-order valence-corrected chi connectivity index (χ3v) is 5.84. The molecule has 2 fully saturated rings. The Morgan fingerprint density at radius 1 is 1.48 bits per heavy atom. The summed E-state index contributed by atoms with van der Waals surface area (Å²) in [7, 11) is 0. The van der Waals surface area contributed by atoms with Crippen molar-refractivity contribution in [1.82, 2.24) is 15.2 Å². The number of rotatable bonds is 3. The van der Waals surface area contributed by atoms with Gasteiger partial charge in [-0.1, -0.05) is 12.8 Å². The van der Waals surface area contributed by atoms with E-state index in [-0.39, 0.29) is 6.03 Å². The lowest BCUT2D eigenvalue weighted by Gasteiger charge is -2.33. The van der Waals surface area contributed by atoms with Gasteiger partial charge in [-0.2, -0.15) is 0 Å². The SMILES string of the molecule is Cc1cnc(CCNC(=O)N2[C@H](C)C[C@@H]3CCCC[C@H]32)s1. The topological polar surface area (TPSA) is 45.2 Å². The van der Waals surface area contributed by atoms with Crippen LogP contribution in [0.4, 0.5) is 4.79 Å². The average Bonchev–Trinajstić information content (AvgIpc) is 3.01.